The minimum absolute atomic E-state index is 0.464. The summed E-state index contributed by atoms with van der Waals surface area (Å²) in [5.74, 6) is 0.649. The fraction of sp³-hybridized carbons (Fsp3) is 0.278. The van der Waals surface area contributed by atoms with Gasteiger partial charge in [-0.15, -0.1) is 0 Å². The summed E-state index contributed by atoms with van der Waals surface area (Å²) >= 11 is 5.10. The van der Waals surface area contributed by atoms with Crippen molar-refractivity contribution in [2.75, 3.05) is 11.4 Å². The van der Waals surface area contributed by atoms with Crippen LogP contribution in [-0.2, 0) is 6.42 Å². The van der Waals surface area contributed by atoms with Crippen molar-refractivity contribution >= 4 is 28.6 Å². The number of nitrogens with two attached hydrogens (primary N) is 1. The van der Waals surface area contributed by atoms with Crippen molar-refractivity contribution in [3.05, 3.63) is 59.2 Å². The SMILES string of the molecule is Cc1cc(N2CC(C)Cc3ccccc32)ccc1C(N)=S. The average Bonchev–Trinajstić information content (AvgIpc) is 2.45. The van der Waals surface area contributed by atoms with Gasteiger partial charge in [-0.3, -0.25) is 0 Å². The van der Waals surface area contributed by atoms with Crippen LogP contribution in [0.25, 0.3) is 0 Å². The van der Waals surface area contributed by atoms with Crippen molar-refractivity contribution in [1.82, 2.24) is 0 Å². The van der Waals surface area contributed by atoms with Crippen LogP contribution in [0, 0.1) is 12.8 Å². The molecule has 3 heteroatoms. The van der Waals surface area contributed by atoms with E-state index in [9.17, 15) is 0 Å². The Morgan fingerprint density at radius 2 is 2.00 bits per heavy atom. The first kappa shape index (κ1) is 14.1. The molecule has 2 aromatic rings. The number of fused-ring (bicyclic) bond motifs is 1. The van der Waals surface area contributed by atoms with Gasteiger partial charge in [-0.05, 0) is 54.7 Å². The smallest absolute Gasteiger partial charge is 0.104 e. The lowest BCUT2D eigenvalue weighted by atomic mass is 9.93. The topological polar surface area (TPSA) is 29.3 Å². The lowest BCUT2D eigenvalue weighted by Crippen LogP contribution is -2.30. The molecule has 2 aromatic carbocycles. The maximum atomic E-state index is 5.76. The molecular weight excluding hydrogens is 276 g/mol. The normalized spacial score (nSPS) is 17.4. The Kier molecular flexibility index (Phi) is 3.68. The van der Waals surface area contributed by atoms with Crippen LogP contribution in [0.1, 0.15) is 23.6 Å². The largest absolute Gasteiger partial charge is 0.389 e. The molecular formula is C18H20N2S. The molecule has 0 aromatic heterocycles. The number of anilines is 2. The van der Waals surface area contributed by atoms with Gasteiger partial charge < -0.3 is 10.6 Å². The first-order chi connectivity index (χ1) is 10.1. The average molecular weight is 296 g/mol. The summed E-state index contributed by atoms with van der Waals surface area (Å²) in [7, 11) is 0. The van der Waals surface area contributed by atoms with E-state index in [1.807, 2.05) is 6.07 Å². The van der Waals surface area contributed by atoms with Crippen LogP contribution in [0.4, 0.5) is 11.4 Å². The van der Waals surface area contributed by atoms with E-state index < -0.39 is 0 Å². The summed E-state index contributed by atoms with van der Waals surface area (Å²) in [5.41, 5.74) is 11.8. The number of nitrogens with zero attached hydrogens (tertiary/aromatic N) is 1. The lowest BCUT2D eigenvalue weighted by Gasteiger charge is -2.35. The number of para-hydroxylation sites is 1. The van der Waals surface area contributed by atoms with Crippen LogP contribution in [0.2, 0.25) is 0 Å². The molecule has 1 heterocycles. The molecule has 0 amide bonds. The molecule has 0 aliphatic carbocycles. The highest BCUT2D eigenvalue weighted by Crippen LogP contribution is 2.35. The molecule has 21 heavy (non-hydrogen) atoms. The molecule has 108 valence electrons. The predicted octanol–water partition coefficient (Wildman–Crippen LogP) is 3.96. The molecule has 0 fully saturated rings. The number of benzene rings is 2. The van der Waals surface area contributed by atoms with E-state index in [4.69, 9.17) is 18.0 Å². The van der Waals surface area contributed by atoms with E-state index in [0.717, 1.165) is 24.1 Å². The highest BCUT2D eigenvalue weighted by atomic mass is 32.1. The van der Waals surface area contributed by atoms with Crippen molar-refractivity contribution in [3.63, 3.8) is 0 Å². The second-order valence-electron chi connectivity index (χ2n) is 5.91. The van der Waals surface area contributed by atoms with Gasteiger partial charge in [0.2, 0.25) is 0 Å². The molecule has 0 spiro atoms. The van der Waals surface area contributed by atoms with Crippen molar-refractivity contribution in [1.29, 1.82) is 0 Å². The number of hydrogen-bond acceptors (Lipinski definition) is 2. The van der Waals surface area contributed by atoms with Crippen LogP contribution in [0.3, 0.4) is 0 Å². The van der Waals surface area contributed by atoms with Crippen molar-refractivity contribution in [2.45, 2.75) is 20.3 Å². The van der Waals surface area contributed by atoms with E-state index in [0.29, 0.717) is 10.9 Å². The molecule has 1 atom stereocenters. The fourth-order valence-electron chi connectivity index (χ4n) is 3.13. The summed E-state index contributed by atoms with van der Waals surface area (Å²) in [6, 6.07) is 15.0. The monoisotopic (exact) mass is 296 g/mol. The maximum absolute atomic E-state index is 5.76. The first-order valence-electron chi connectivity index (χ1n) is 7.32. The van der Waals surface area contributed by atoms with Crippen molar-refractivity contribution < 1.29 is 0 Å². The number of rotatable bonds is 2. The summed E-state index contributed by atoms with van der Waals surface area (Å²) in [4.78, 5) is 2.87. The van der Waals surface area contributed by atoms with Gasteiger partial charge in [0.05, 0.1) is 0 Å². The van der Waals surface area contributed by atoms with Crippen LogP contribution in [0.15, 0.2) is 42.5 Å². The third-order valence-corrected chi connectivity index (χ3v) is 4.35. The number of hydrogen-bond donors (Lipinski definition) is 1. The zero-order valence-electron chi connectivity index (χ0n) is 12.5. The summed E-state index contributed by atoms with van der Waals surface area (Å²) in [6.45, 7) is 5.42. The highest BCUT2D eigenvalue weighted by molar-refractivity contribution is 7.80. The van der Waals surface area contributed by atoms with Crippen LogP contribution < -0.4 is 10.6 Å². The number of aryl methyl sites for hydroxylation is 1. The maximum Gasteiger partial charge on any atom is 0.104 e. The third-order valence-electron chi connectivity index (χ3n) is 4.13. The minimum atomic E-state index is 0.464. The molecule has 1 aliphatic rings. The molecule has 0 saturated carbocycles. The molecule has 0 bridgehead atoms. The zero-order valence-corrected chi connectivity index (χ0v) is 13.3. The minimum Gasteiger partial charge on any atom is -0.389 e. The second kappa shape index (κ2) is 5.49. The van der Waals surface area contributed by atoms with E-state index in [1.165, 1.54) is 16.9 Å². The van der Waals surface area contributed by atoms with E-state index >= 15 is 0 Å². The molecule has 2 nitrogen and oxygen atoms in total. The highest BCUT2D eigenvalue weighted by Gasteiger charge is 2.22. The Hall–Kier alpha value is -1.87. The molecule has 2 N–H and O–H groups in total. The molecule has 1 unspecified atom stereocenters. The standard InChI is InChI=1S/C18H20N2S/c1-12-9-14-5-3-4-6-17(14)20(11-12)15-7-8-16(18(19)21)13(2)10-15/h3-8,10,12H,9,11H2,1-2H3,(H2,19,21). The van der Waals surface area contributed by atoms with Crippen molar-refractivity contribution in [2.24, 2.45) is 11.7 Å². The first-order valence-corrected chi connectivity index (χ1v) is 7.73. The summed E-state index contributed by atoms with van der Waals surface area (Å²) in [5, 5.41) is 0. The Balaban J connectivity index is 2.05. The van der Waals surface area contributed by atoms with E-state index in [-0.39, 0.29) is 0 Å². The van der Waals surface area contributed by atoms with Gasteiger partial charge in [-0.1, -0.05) is 37.3 Å². The zero-order chi connectivity index (χ0) is 15.0. The molecule has 0 radical (unpaired) electrons. The second-order valence-corrected chi connectivity index (χ2v) is 6.35. The van der Waals surface area contributed by atoms with E-state index in [1.54, 1.807) is 0 Å². The van der Waals surface area contributed by atoms with Crippen LogP contribution in [0.5, 0.6) is 0 Å². The Morgan fingerprint density at radius 3 is 2.71 bits per heavy atom. The van der Waals surface area contributed by atoms with Gasteiger partial charge in [-0.2, -0.15) is 0 Å². The van der Waals surface area contributed by atoms with Crippen molar-refractivity contribution in [3.8, 4) is 0 Å². The summed E-state index contributed by atoms with van der Waals surface area (Å²) in [6.07, 6.45) is 1.15. The van der Waals surface area contributed by atoms with Gasteiger partial charge in [0, 0.05) is 23.5 Å². The quantitative estimate of drug-likeness (QED) is 0.851. The van der Waals surface area contributed by atoms with E-state index in [2.05, 4.69) is 55.1 Å². The molecule has 3 rings (SSSR count). The van der Waals surface area contributed by atoms with Gasteiger partial charge in [0.25, 0.3) is 0 Å². The van der Waals surface area contributed by atoms with Gasteiger partial charge in [0.15, 0.2) is 0 Å². The lowest BCUT2D eigenvalue weighted by molar-refractivity contribution is 0.562. The fourth-order valence-corrected chi connectivity index (χ4v) is 3.36. The Morgan fingerprint density at radius 1 is 1.24 bits per heavy atom. The summed E-state index contributed by atoms with van der Waals surface area (Å²) < 4.78 is 0. The van der Waals surface area contributed by atoms with Gasteiger partial charge in [-0.25, -0.2) is 0 Å². The van der Waals surface area contributed by atoms with Crippen LogP contribution >= 0.6 is 12.2 Å². The molecule has 0 saturated heterocycles. The van der Waals surface area contributed by atoms with Gasteiger partial charge in [0.1, 0.15) is 4.99 Å². The third kappa shape index (κ3) is 2.66. The Bertz CT molecular complexity index is 693. The van der Waals surface area contributed by atoms with Gasteiger partial charge >= 0.3 is 0 Å². The predicted molar refractivity (Wildman–Crippen MR) is 93.4 cm³/mol. The Labute approximate surface area is 131 Å². The number of thiocarbonyl (C=S) groups is 1. The van der Waals surface area contributed by atoms with Crippen LogP contribution in [-0.4, -0.2) is 11.5 Å². The molecule has 1 aliphatic heterocycles.